The molecule has 1 aromatic heterocycles. The zero-order chi connectivity index (χ0) is 15.0. The van der Waals surface area contributed by atoms with E-state index in [2.05, 4.69) is 12.2 Å². The fraction of sp³-hybridized carbons (Fsp3) is 0.625. The summed E-state index contributed by atoms with van der Waals surface area (Å²) < 4.78 is 0. The number of rotatable bonds is 3. The molecule has 0 aliphatic heterocycles. The van der Waals surface area contributed by atoms with Crippen LogP contribution in [0.2, 0.25) is 0 Å². The molecule has 1 amide bonds. The second kappa shape index (κ2) is 5.79. The van der Waals surface area contributed by atoms with Crippen molar-refractivity contribution in [1.29, 1.82) is 0 Å². The molecule has 2 aliphatic rings. The molecular weight excluding hydrogens is 286 g/mol. The van der Waals surface area contributed by atoms with Crippen molar-refractivity contribution >= 4 is 28.2 Å². The lowest BCUT2D eigenvalue weighted by Crippen LogP contribution is -2.25. The van der Waals surface area contributed by atoms with Gasteiger partial charge in [-0.15, -0.1) is 11.3 Å². The first-order valence-electron chi connectivity index (χ1n) is 7.76. The molecule has 0 bridgehead atoms. The van der Waals surface area contributed by atoms with Crippen molar-refractivity contribution in [1.82, 2.24) is 0 Å². The van der Waals surface area contributed by atoms with Crippen LogP contribution >= 0.6 is 11.3 Å². The summed E-state index contributed by atoms with van der Waals surface area (Å²) >= 11 is 1.47. The Balaban J connectivity index is 1.86. The predicted octanol–water partition coefficient (Wildman–Crippen LogP) is 3.70. The molecule has 1 heterocycles. The predicted molar refractivity (Wildman–Crippen MR) is 83.1 cm³/mol. The SMILES string of the molecule is CC1CCCC1C(=O)Nc1sc2c(c1C(=O)O)CCCC2. The van der Waals surface area contributed by atoms with E-state index in [1.807, 2.05) is 0 Å². The van der Waals surface area contributed by atoms with Gasteiger partial charge in [0.2, 0.25) is 5.91 Å². The summed E-state index contributed by atoms with van der Waals surface area (Å²) in [5.41, 5.74) is 1.29. The largest absolute Gasteiger partial charge is 0.478 e. The summed E-state index contributed by atoms with van der Waals surface area (Å²) in [6.45, 7) is 2.11. The Morgan fingerprint density at radius 2 is 1.95 bits per heavy atom. The van der Waals surface area contributed by atoms with E-state index < -0.39 is 5.97 Å². The maximum Gasteiger partial charge on any atom is 0.339 e. The highest BCUT2D eigenvalue weighted by Gasteiger charge is 2.32. The molecule has 0 radical (unpaired) electrons. The Kier molecular flexibility index (Phi) is 4.02. The molecule has 1 fully saturated rings. The van der Waals surface area contributed by atoms with Gasteiger partial charge in [-0.25, -0.2) is 4.79 Å². The molecule has 21 heavy (non-hydrogen) atoms. The summed E-state index contributed by atoms with van der Waals surface area (Å²) in [4.78, 5) is 25.1. The van der Waals surface area contributed by atoms with Gasteiger partial charge in [-0.2, -0.15) is 0 Å². The van der Waals surface area contributed by atoms with Crippen LogP contribution in [0.15, 0.2) is 0 Å². The highest BCUT2D eigenvalue weighted by atomic mass is 32.1. The number of aryl methyl sites for hydroxylation is 1. The van der Waals surface area contributed by atoms with Gasteiger partial charge in [0.05, 0.1) is 5.56 Å². The van der Waals surface area contributed by atoms with E-state index in [1.54, 1.807) is 0 Å². The van der Waals surface area contributed by atoms with Crippen molar-refractivity contribution in [3.63, 3.8) is 0 Å². The van der Waals surface area contributed by atoms with E-state index in [0.29, 0.717) is 16.5 Å². The molecule has 1 aromatic rings. The smallest absolute Gasteiger partial charge is 0.339 e. The molecule has 3 rings (SSSR count). The summed E-state index contributed by atoms with van der Waals surface area (Å²) in [5, 5.41) is 13.0. The van der Waals surface area contributed by atoms with Crippen LogP contribution in [0.5, 0.6) is 0 Å². The number of carboxylic acids is 1. The average molecular weight is 307 g/mol. The van der Waals surface area contributed by atoms with E-state index in [9.17, 15) is 14.7 Å². The third-order valence-corrected chi connectivity index (χ3v) is 6.03. The van der Waals surface area contributed by atoms with Gasteiger partial charge in [-0.05, 0) is 50.0 Å². The fourth-order valence-electron chi connectivity index (χ4n) is 3.62. The summed E-state index contributed by atoms with van der Waals surface area (Å²) in [6.07, 6.45) is 7.01. The summed E-state index contributed by atoms with van der Waals surface area (Å²) in [7, 11) is 0. The van der Waals surface area contributed by atoms with Gasteiger partial charge >= 0.3 is 5.97 Å². The van der Waals surface area contributed by atoms with Crippen molar-refractivity contribution in [2.45, 2.75) is 51.9 Å². The van der Waals surface area contributed by atoms with E-state index in [-0.39, 0.29) is 11.8 Å². The van der Waals surface area contributed by atoms with Crippen molar-refractivity contribution < 1.29 is 14.7 Å². The Hall–Kier alpha value is -1.36. The van der Waals surface area contributed by atoms with Gasteiger partial charge in [0.25, 0.3) is 0 Å². The first-order valence-corrected chi connectivity index (χ1v) is 8.58. The third-order valence-electron chi connectivity index (χ3n) is 4.82. The standard InChI is InChI=1S/C16H21NO3S/c1-9-5-4-7-10(9)14(18)17-15-13(16(19)20)11-6-2-3-8-12(11)21-15/h9-10H,2-8H2,1H3,(H,17,18)(H,19,20). The summed E-state index contributed by atoms with van der Waals surface area (Å²) in [6, 6.07) is 0. The maximum absolute atomic E-state index is 12.4. The lowest BCUT2D eigenvalue weighted by atomic mass is 9.95. The minimum atomic E-state index is -0.913. The molecule has 2 N–H and O–H groups in total. The number of hydrogen-bond acceptors (Lipinski definition) is 3. The lowest BCUT2D eigenvalue weighted by molar-refractivity contribution is -0.120. The minimum absolute atomic E-state index is 0.00102. The van der Waals surface area contributed by atoms with Crippen LogP contribution in [0.4, 0.5) is 5.00 Å². The molecular formula is C16H21NO3S. The van der Waals surface area contributed by atoms with Crippen molar-refractivity contribution in [3.05, 3.63) is 16.0 Å². The zero-order valence-electron chi connectivity index (χ0n) is 12.3. The highest BCUT2D eigenvalue weighted by Crippen LogP contribution is 2.39. The number of amides is 1. The van der Waals surface area contributed by atoms with Crippen molar-refractivity contribution in [3.8, 4) is 0 Å². The van der Waals surface area contributed by atoms with Gasteiger partial charge in [-0.3, -0.25) is 4.79 Å². The molecule has 114 valence electrons. The van der Waals surface area contributed by atoms with E-state index in [1.165, 1.54) is 11.3 Å². The van der Waals surface area contributed by atoms with Crippen LogP contribution in [-0.2, 0) is 17.6 Å². The number of carboxylic acid groups (broad SMARTS) is 1. The monoisotopic (exact) mass is 307 g/mol. The normalized spacial score (nSPS) is 24.6. The number of aromatic carboxylic acids is 1. The van der Waals surface area contributed by atoms with Crippen molar-refractivity contribution in [2.75, 3.05) is 5.32 Å². The van der Waals surface area contributed by atoms with Gasteiger partial charge in [-0.1, -0.05) is 13.3 Å². The molecule has 2 aliphatic carbocycles. The number of thiophene rings is 1. The number of carbonyl (C=O) groups is 2. The lowest BCUT2D eigenvalue weighted by Gasteiger charge is -2.14. The van der Waals surface area contributed by atoms with Crippen LogP contribution in [0.25, 0.3) is 0 Å². The molecule has 0 spiro atoms. The quantitative estimate of drug-likeness (QED) is 0.894. The average Bonchev–Trinajstić information content (AvgIpc) is 3.01. The van der Waals surface area contributed by atoms with Gasteiger partial charge < -0.3 is 10.4 Å². The second-order valence-electron chi connectivity index (χ2n) is 6.22. The van der Waals surface area contributed by atoms with Crippen LogP contribution < -0.4 is 5.32 Å². The van der Waals surface area contributed by atoms with Gasteiger partial charge in [0.1, 0.15) is 5.00 Å². The van der Waals surface area contributed by atoms with Crippen molar-refractivity contribution in [2.24, 2.45) is 11.8 Å². The van der Waals surface area contributed by atoms with Crippen LogP contribution in [-0.4, -0.2) is 17.0 Å². The molecule has 1 saturated carbocycles. The minimum Gasteiger partial charge on any atom is -0.478 e. The summed E-state index contributed by atoms with van der Waals surface area (Å²) in [5.74, 6) is -0.482. The molecule has 4 nitrogen and oxygen atoms in total. The van der Waals surface area contributed by atoms with Crippen LogP contribution in [0.1, 0.15) is 59.8 Å². The molecule has 0 saturated heterocycles. The van der Waals surface area contributed by atoms with E-state index in [0.717, 1.165) is 55.4 Å². The van der Waals surface area contributed by atoms with Gasteiger partial charge in [0, 0.05) is 10.8 Å². The number of anilines is 1. The highest BCUT2D eigenvalue weighted by molar-refractivity contribution is 7.17. The number of fused-ring (bicyclic) bond motifs is 1. The second-order valence-corrected chi connectivity index (χ2v) is 7.33. The van der Waals surface area contributed by atoms with Gasteiger partial charge in [0.15, 0.2) is 0 Å². The number of carbonyl (C=O) groups excluding carboxylic acids is 1. The maximum atomic E-state index is 12.4. The zero-order valence-corrected chi connectivity index (χ0v) is 13.1. The van der Waals surface area contributed by atoms with Crippen LogP contribution in [0.3, 0.4) is 0 Å². The Morgan fingerprint density at radius 3 is 2.62 bits per heavy atom. The van der Waals surface area contributed by atoms with E-state index >= 15 is 0 Å². The third kappa shape index (κ3) is 2.71. The number of nitrogens with one attached hydrogen (secondary N) is 1. The first kappa shape index (κ1) is 14.6. The number of hydrogen-bond donors (Lipinski definition) is 2. The van der Waals surface area contributed by atoms with Crippen LogP contribution in [0, 0.1) is 11.8 Å². The first-order chi connectivity index (χ1) is 10.1. The van der Waals surface area contributed by atoms with E-state index in [4.69, 9.17) is 0 Å². The Bertz CT molecular complexity index is 578. The fourth-order valence-corrected chi connectivity index (χ4v) is 4.90. The Morgan fingerprint density at radius 1 is 1.19 bits per heavy atom. The molecule has 0 aromatic carbocycles. The molecule has 2 atom stereocenters. The Labute approximate surface area is 128 Å². The topological polar surface area (TPSA) is 66.4 Å². The molecule has 2 unspecified atom stereocenters. The molecule has 5 heteroatoms.